The van der Waals surface area contributed by atoms with E-state index in [4.69, 9.17) is 10.8 Å². The lowest BCUT2D eigenvalue weighted by atomic mass is 10.1. The maximum atomic E-state index is 5.22. The second-order valence-electron chi connectivity index (χ2n) is 2.47. The average molecular weight is 170 g/mol. The molecule has 1 heterocycles. The van der Waals surface area contributed by atoms with Crippen LogP contribution in [0, 0.1) is 12.3 Å². The standard InChI is InChI=1S/C10H6N2O/c1-2-8-3-5-9(6-4-8)10-12-11-7-13-10/h1,3-7H. The normalized spacial score (nSPS) is 9.46. The summed E-state index contributed by atoms with van der Waals surface area (Å²) < 4.78 is 5.02. The first-order valence-electron chi connectivity index (χ1n) is 3.73. The Morgan fingerprint density at radius 1 is 1.23 bits per heavy atom. The molecule has 0 aliphatic carbocycles. The second kappa shape index (κ2) is 3.11. The molecule has 0 aliphatic heterocycles. The summed E-state index contributed by atoms with van der Waals surface area (Å²) in [5.41, 5.74) is 1.71. The van der Waals surface area contributed by atoms with Gasteiger partial charge in [-0.25, -0.2) is 0 Å². The summed E-state index contributed by atoms with van der Waals surface area (Å²) in [5, 5.41) is 7.36. The van der Waals surface area contributed by atoms with E-state index in [9.17, 15) is 0 Å². The molecule has 62 valence electrons. The first-order valence-corrected chi connectivity index (χ1v) is 3.73. The van der Waals surface area contributed by atoms with Gasteiger partial charge >= 0.3 is 0 Å². The largest absolute Gasteiger partial charge is 0.423 e. The van der Waals surface area contributed by atoms with Gasteiger partial charge in [-0.3, -0.25) is 0 Å². The van der Waals surface area contributed by atoms with Gasteiger partial charge in [0.1, 0.15) is 0 Å². The van der Waals surface area contributed by atoms with Gasteiger partial charge in [-0.15, -0.1) is 16.6 Å². The van der Waals surface area contributed by atoms with Crippen LogP contribution in [0.3, 0.4) is 0 Å². The predicted octanol–water partition coefficient (Wildman–Crippen LogP) is 1.72. The smallest absolute Gasteiger partial charge is 0.247 e. The molecule has 13 heavy (non-hydrogen) atoms. The van der Waals surface area contributed by atoms with Gasteiger partial charge in [-0.05, 0) is 24.3 Å². The summed E-state index contributed by atoms with van der Waals surface area (Å²) in [7, 11) is 0. The number of hydrogen-bond acceptors (Lipinski definition) is 3. The van der Waals surface area contributed by atoms with Crippen LogP contribution in [0.15, 0.2) is 35.1 Å². The van der Waals surface area contributed by atoms with Gasteiger partial charge in [0.05, 0.1) is 0 Å². The SMILES string of the molecule is C#Cc1ccc(-c2nnco2)cc1. The molecule has 0 atom stereocenters. The molecule has 1 aromatic carbocycles. The van der Waals surface area contributed by atoms with Crippen LogP contribution in [0.2, 0.25) is 0 Å². The minimum Gasteiger partial charge on any atom is -0.423 e. The van der Waals surface area contributed by atoms with Gasteiger partial charge in [0.2, 0.25) is 12.3 Å². The zero-order chi connectivity index (χ0) is 9.10. The van der Waals surface area contributed by atoms with Crippen LogP contribution in [-0.2, 0) is 0 Å². The van der Waals surface area contributed by atoms with Crippen molar-refractivity contribution in [1.82, 2.24) is 10.2 Å². The highest BCUT2D eigenvalue weighted by molar-refractivity contribution is 5.54. The van der Waals surface area contributed by atoms with E-state index in [-0.39, 0.29) is 0 Å². The molecule has 0 N–H and O–H groups in total. The van der Waals surface area contributed by atoms with Crippen LogP contribution < -0.4 is 0 Å². The maximum Gasteiger partial charge on any atom is 0.247 e. The number of terminal acetylenes is 1. The van der Waals surface area contributed by atoms with Crippen molar-refractivity contribution in [1.29, 1.82) is 0 Å². The van der Waals surface area contributed by atoms with Crippen molar-refractivity contribution in [2.45, 2.75) is 0 Å². The van der Waals surface area contributed by atoms with Crippen LogP contribution in [-0.4, -0.2) is 10.2 Å². The molecule has 0 spiro atoms. The van der Waals surface area contributed by atoms with E-state index in [1.807, 2.05) is 24.3 Å². The molecule has 0 saturated carbocycles. The fourth-order valence-electron chi connectivity index (χ4n) is 1.01. The molecule has 0 fully saturated rings. The van der Waals surface area contributed by atoms with Gasteiger partial charge < -0.3 is 4.42 Å². The van der Waals surface area contributed by atoms with Crippen LogP contribution in [0.5, 0.6) is 0 Å². The maximum absolute atomic E-state index is 5.22. The highest BCUT2D eigenvalue weighted by Gasteiger charge is 2.01. The monoisotopic (exact) mass is 170 g/mol. The number of aromatic nitrogens is 2. The molecule has 2 rings (SSSR count). The molecule has 3 nitrogen and oxygen atoms in total. The number of benzene rings is 1. The van der Waals surface area contributed by atoms with E-state index >= 15 is 0 Å². The summed E-state index contributed by atoms with van der Waals surface area (Å²) in [6, 6.07) is 7.37. The van der Waals surface area contributed by atoms with Gasteiger partial charge in [0.15, 0.2) is 0 Å². The summed E-state index contributed by atoms with van der Waals surface area (Å²) in [6.07, 6.45) is 6.51. The van der Waals surface area contributed by atoms with E-state index in [0.717, 1.165) is 11.1 Å². The minimum atomic E-state index is 0.503. The molecule has 2 aromatic rings. The Morgan fingerprint density at radius 3 is 2.54 bits per heavy atom. The molecule has 0 amide bonds. The Balaban J connectivity index is 2.40. The molecule has 0 radical (unpaired) electrons. The van der Waals surface area contributed by atoms with E-state index in [1.54, 1.807) is 0 Å². The van der Waals surface area contributed by atoms with Crippen LogP contribution in [0.25, 0.3) is 11.5 Å². The third-order valence-electron chi connectivity index (χ3n) is 1.66. The Kier molecular flexibility index (Phi) is 1.81. The fraction of sp³-hybridized carbons (Fsp3) is 0. The fourth-order valence-corrected chi connectivity index (χ4v) is 1.01. The lowest BCUT2D eigenvalue weighted by Crippen LogP contribution is -1.78. The van der Waals surface area contributed by atoms with Crippen molar-refractivity contribution in [2.24, 2.45) is 0 Å². The molecule has 0 aliphatic rings. The van der Waals surface area contributed by atoms with E-state index < -0.39 is 0 Å². The molecule has 3 heteroatoms. The summed E-state index contributed by atoms with van der Waals surface area (Å²) in [5.74, 6) is 3.04. The Hall–Kier alpha value is -2.08. The van der Waals surface area contributed by atoms with Gasteiger partial charge in [-0.1, -0.05) is 5.92 Å². The summed E-state index contributed by atoms with van der Waals surface area (Å²) in [4.78, 5) is 0. The molecular formula is C10H6N2O. The molecule has 0 saturated heterocycles. The summed E-state index contributed by atoms with van der Waals surface area (Å²) >= 11 is 0. The minimum absolute atomic E-state index is 0.503. The average Bonchev–Trinajstić information content (AvgIpc) is 2.71. The van der Waals surface area contributed by atoms with Crippen molar-refractivity contribution < 1.29 is 4.42 Å². The van der Waals surface area contributed by atoms with Crippen molar-refractivity contribution in [3.05, 3.63) is 36.2 Å². The summed E-state index contributed by atoms with van der Waals surface area (Å²) in [6.45, 7) is 0. The van der Waals surface area contributed by atoms with Crippen LogP contribution >= 0.6 is 0 Å². The molecular weight excluding hydrogens is 164 g/mol. The van der Waals surface area contributed by atoms with Crippen LogP contribution in [0.1, 0.15) is 5.56 Å². The number of rotatable bonds is 1. The Labute approximate surface area is 75.4 Å². The highest BCUT2D eigenvalue weighted by Crippen LogP contribution is 2.15. The quantitative estimate of drug-likeness (QED) is 0.611. The van der Waals surface area contributed by atoms with E-state index in [1.165, 1.54) is 6.39 Å². The molecule has 0 bridgehead atoms. The van der Waals surface area contributed by atoms with Gasteiger partial charge in [0, 0.05) is 11.1 Å². The topological polar surface area (TPSA) is 38.9 Å². The second-order valence-corrected chi connectivity index (χ2v) is 2.47. The number of hydrogen-bond donors (Lipinski definition) is 0. The third-order valence-corrected chi connectivity index (χ3v) is 1.66. The van der Waals surface area contributed by atoms with E-state index in [2.05, 4.69) is 16.1 Å². The zero-order valence-electron chi connectivity index (χ0n) is 6.77. The van der Waals surface area contributed by atoms with Crippen molar-refractivity contribution in [3.63, 3.8) is 0 Å². The van der Waals surface area contributed by atoms with Crippen LogP contribution in [0.4, 0.5) is 0 Å². The molecule has 0 unspecified atom stereocenters. The Morgan fingerprint density at radius 2 is 2.00 bits per heavy atom. The first-order chi connectivity index (χ1) is 6.40. The molecule has 1 aromatic heterocycles. The zero-order valence-corrected chi connectivity index (χ0v) is 6.77. The third kappa shape index (κ3) is 1.42. The van der Waals surface area contributed by atoms with Gasteiger partial charge in [-0.2, -0.15) is 0 Å². The lowest BCUT2D eigenvalue weighted by molar-refractivity contribution is 0.568. The van der Waals surface area contributed by atoms with Crippen molar-refractivity contribution >= 4 is 0 Å². The van der Waals surface area contributed by atoms with Crippen molar-refractivity contribution in [3.8, 4) is 23.8 Å². The predicted molar refractivity (Wildman–Crippen MR) is 47.7 cm³/mol. The van der Waals surface area contributed by atoms with Gasteiger partial charge in [0.25, 0.3) is 0 Å². The number of nitrogens with zero attached hydrogens (tertiary/aromatic N) is 2. The highest BCUT2D eigenvalue weighted by atomic mass is 16.4. The first kappa shape index (κ1) is 7.56. The lowest BCUT2D eigenvalue weighted by Gasteiger charge is -1.93. The Bertz CT molecular complexity index is 423. The van der Waals surface area contributed by atoms with E-state index in [0.29, 0.717) is 5.89 Å². The van der Waals surface area contributed by atoms with Crippen molar-refractivity contribution in [2.75, 3.05) is 0 Å².